The van der Waals surface area contributed by atoms with Crippen molar-refractivity contribution in [1.29, 1.82) is 0 Å². The van der Waals surface area contributed by atoms with Gasteiger partial charge in [-0.15, -0.1) is 0 Å². The molecule has 2 saturated carbocycles. The van der Waals surface area contributed by atoms with Crippen molar-refractivity contribution in [3.05, 3.63) is 42.6 Å². The average molecular weight is 766 g/mol. The van der Waals surface area contributed by atoms with Gasteiger partial charge in [-0.05, 0) is 90.0 Å². The van der Waals surface area contributed by atoms with Crippen molar-refractivity contribution in [2.24, 2.45) is 29.1 Å². The van der Waals surface area contributed by atoms with Crippen LogP contribution in [0, 0.1) is 29.1 Å². The average Bonchev–Trinajstić information content (AvgIpc) is 4.02. The number of fused-ring (bicyclic) bond motifs is 3. The number of rotatable bonds is 9. The summed E-state index contributed by atoms with van der Waals surface area (Å²) in [5.41, 5.74) is -1.99. The zero-order chi connectivity index (χ0) is 39.0. The second kappa shape index (κ2) is 15.6. The SMILES string of the molecule is CCOc1cnc(O[C@@H]2C[C@H]3C(=O)C[C@]4(C(=O)NS(=O)(=O)C5CC5)C[C@H]4/C=C\CC[C@H](C)C[C@@H](C)[C@H](CC(=O)OC(C)(C)C)C(=O)N3C2)c2ccccc12. The van der Waals surface area contributed by atoms with E-state index in [2.05, 4.69) is 16.6 Å². The van der Waals surface area contributed by atoms with Crippen molar-refractivity contribution in [3.8, 4) is 11.6 Å². The van der Waals surface area contributed by atoms with E-state index in [0.717, 1.165) is 23.6 Å². The molecule has 1 N–H and O–H groups in total. The number of carbonyl (C=O) groups is 4. The maximum absolute atomic E-state index is 14.8. The number of aromatic nitrogens is 1. The Balaban J connectivity index is 1.35. The van der Waals surface area contributed by atoms with Gasteiger partial charge in [0.1, 0.15) is 17.5 Å². The second-order valence-corrected chi connectivity index (χ2v) is 18.9. The van der Waals surface area contributed by atoms with E-state index < -0.39 is 56.2 Å². The van der Waals surface area contributed by atoms with E-state index in [1.807, 2.05) is 50.3 Å². The zero-order valence-corrected chi connectivity index (χ0v) is 33.2. The van der Waals surface area contributed by atoms with Crippen molar-refractivity contribution >= 4 is 44.4 Å². The molecule has 3 fully saturated rings. The summed E-state index contributed by atoms with van der Waals surface area (Å²) in [5, 5.41) is 0.935. The summed E-state index contributed by atoms with van der Waals surface area (Å²) in [7, 11) is -3.85. The molecule has 0 bridgehead atoms. The number of amides is 2. The van der Waals surface area contributed by atoms with Gasteiger partial charge in [-0.3, -0.25) is 23.9 Å². The van der Waals surface area contributed by atoms with Crippen molar-refractivity contribution in [2.75, 3.05) is 13.2 Å². The number of esters is 1. The molecule has 2 amide bonds. The molecule has 0 radical (unpaired) electrons. The van der Waals surface area contributed by atoms with E-state index in [1.165, 1.54) is 4.90 Å². The van der Waals surface area contributed by atoms with Crippen molar-refractivity contribution in [2.45, 2.75) is 122 Å². The highest BCUT2D eigenvalue weighted by molar-refractivity contribution is 7.90. The predicted octanol–water partition coefficient (Wildman–Crippen LogP) is 5.92. The van der Waals surface area contributed by atoms with Crippen LogP contribution in [-0.4, -0.2) is 78.0 Å². The predicted molar refractivity (Wildman–Crippen MR) is 203 cm³/mol. The minimum Gasteiger partial charge on any atom is -0.492 e. The molecule has 1 aromatic heterocycles. The van der Waals surface area contributed by atoms with Crippen LogP contribution in [0.5, 0.6) is 11.6 Å². The molecular formula is C41H55N3O9S. The molecule has 6 rings (SSSR count). The first-order valence-electron chi connectivity index (χ1n) is 19.5. The number of nitrogens with zero attached hydrogens (tertiary/aromatic N) is 2. The summed E-state index contributed by atoms with van der Waals surface area (Å²) in [5.74, 6) is -1.98. The standard InChI is InChI=1S/C41H55N3O9S/c1-7-51-35-23-42-37(31-15-11-10-14-30(31)35)52-28-19-33-34(45)22-41(39(48)43-54(49,50)29-16-17-29)21-27(41)13-9-8-12-25(2)18-26(3)32(38(47)44(33)24-28)20-36(46)53-40(4,5)6/h9-11,13-15,23,25-29,32-33H,7-8,12,16-22,24H2,1-6H3,(H,43,48)/b13-9-/t25-,26+,27+,28+,32-,33-,41+/m0/s1. The molecule has 2 aliphatic heterocycles. The van der Waals surface area contributed by atoms with Gasteiger partial charge < -0.3 is 19.1 Å². The molecule has 0 spiro atoms. The van der Waals surface area contributed by atoms with E-state index in [-0.39, 0.29) is 55.3 Å². The number of Topliss-reactive ketones (excluding diaryl/α,β-unsaturated/α-hetero) is 1. The molecule has 4 aliphatic rings. The van der Waals surface area contributed by atoms with Crippen LogP contribution < -0.4 is 14.2 Å². The van der Waals surface area contributed by atoms with Gasteiger partial charge in [-0.25, -0.2) is 13.4 Å². The monoisotopic (exact) mass is 765 g/mol. The molecular weight excluding hydrogens is 711 g/mol. The van der Waals surface area contributed by atoms with Gasteiger partial charge in [0, 0.05) is 23.6 Å². The van der Waals surface area contributed by atoms with Crippen LogP contribution in [-0.2, 0) is 33.9 Å². The van der Waals surface area contributed by atoms with Crippen LogP contribution in [0.2, 0.25) is 0 Å². The smallest absolute Gasteiger partial charge is 0.307 e. The van der Waals surface area contributed by atoms with Gasteiger partial charge in [0.2, 0.25) is 27.7 Å². The Labute approximate surface area is 318 Å². The number of carbonyl (C=O) groups excluding carboxylic acids is 4. The van der Waals surface area contributed by atoms with E-state index in [4.69, 9.17) is 14.2 Å². The molecule has 1 saturated heterocycles. The Morgan fingerprint density at radius 1 is 1.06 bits per heavy atom. The van der Waals surface area contributed by atoms with E-state index in [9.17, 15) is 27.6 Å². The quantitative estimate of drug-likeness (QED) is 0.240. The largest absolute Gasteiger partial charge is 0.492 e. The molecule has 54 heavy (non-hydrogen) atoms. The molecule has 7 atom stereocenters. The fourth-order valence-electron chi connectivity index (χ4n) is 8.21. The summed E-state index contributed by atoms with van der Waals surface area (Å²) in [4.78, 5) is 62.7. The lowest BCUT2D eigenvalue weighted by Crippen LogP contribution is -2.47. The highest BCUT2D eigenvalue weighted by atomic mass is 32.2. The lowest BCUT2D eigenvalue weighted by atomic mass is 9.82. The van der Waals surface area contributed by atoms with Gasteiger partial charge in [-0.2, -0.15) is 0 Å². The fourth-order valence-corrected chi connectivity index (χ4v) is 9.60. The number of ether oxygens (including phenoxy) is 3. The van der Waals surface area contributed by atoms with Crippen LogP contribution in [0.25, 0.3) is 10.8 Å². The molecule has 13 heteroatoms. The third kappa shape index (κ3) is 8.92. The van der Waals surface area contributed by atoms with Crippen LogP contribution >= 0.6 is 0 Å². The molecule has 3 heterocycles. The van der Waals surface area contributed by atoms with Gasteiger partial charge >= 0.3 is 5.97 Å². The third-order valence-corrected chi connectivity index (χ3v) is 13.1. The Morgan fingerprint density at radius 3 is 2.46 bits per heavy atom. The Hall–Kier alpha value is -4.00. The third-order valence-electron chi connectivity index (χ3n) is 11.3. The topological polar surface area (TPSA) is 158 Å². The molecule has 1 aromatic carbocycles. The van der Waals surface area contributed by atoms with Gasteiger partial charge in [-0.1, -0.05) is 44.2 Å². The van der Waals surface area contributed by atoms with Crippen molar-refractivity contribution in [3.63, 3.8) is 0 Å². The van der Waals surface area contributed by atoms with Gasteiger partial charge in [0.05, 0.1) is 48.4 Å². The summed E-state index contributed by atoms with van der Waals surface area (Å²) < 4.78 is 46.1. The highest BCUT2D eigenvalue weighted by Gasteiger charge is 2.61. The molecule has 294 valence electrons. The van der Waals surface area contributed by atoms with Crippen LogP contribution in [0.3, 0.4) is 0 Å². The van der Waals surface area contributed by atoms with E-state index in [1.54, 1.807) is 27.0 Å². The van der Waals surface area contributed by atoms with Crippen LogP contribution in [0.4, 0.5) is 0 Å². The zero-order valence-electron chi connectivity index (χ0n) is 32.3. The summed E-state index contributed by atoms with van der Waals surface area (Å²) >= 11 is 0. The van der Waals surface area contributed by atoms with Gasteiger partial charge in [0.25, 0.3) is 0 Å². The molecule has 2 aliphatic carbocycles. The van der Waals surface area contributed by atoms with Crippen molar-refractivity contribution < 1.29 is 41.8 Å². The van der Waals surface area contributed by atoms with E-state index >= 15 is 0 Å². The number of ketones is 1. The number of hydrogen-bond donors (Lipinski definition) is 1. The molecule has 12 nitrogen and oxygen atoms in total. The van der Waals surface area contributed by atoms with E-state index in [0.29, 0.717) is 43.9 Å². The summed E-state index contributed by atoms with van der Waals surface area (Å²) in [6.45, 7) is 11.9. The first-order valence-corrected chi connectivity index (χ1v) is 21.0. The molecule has 2 aromatic rings. The Bertz CT molecular complexity index is 1900. The fraction of sp³-hybridized carbons (Fsp3) is 0.634. The number of sulfonamides is 1. The van der Waals surface area contributed by atoms with Crippen molar-refractivity contribution in [1.82, 2.24) is 14.6 Å². The number of hydrogen-bond acceptors (Lipinski definition) is 10. The number of nitrogens with one attached hydrogen (secondary N) is 1. The highest BCUT2D eigenvalue weighted by Crippen LogP contribution is 2.57. The number of allylic oxidation sites excluding steroid dienone is 2. The normalized spacial score (nSPS) is 30.0. The van der Waals surface area contributed by atoms with Crippen LogP contribution in [0.15, 0.2) is 42.6 Å². The maximum atomic E-state index is 14.8. The first kappa shape index (κ1) is 39.7. The lowest BCUT2D eigenvalue weighted by Gasteiger charge is -2.32. The summed E-state index contributed by atoms with van der Waals surface area (Å²) in [6.07, 6.45) is 8.23. The Morgan fingerprint density at radius 2 is 1.78 bits per heavy atom. The van der Waals surface area contributed by atoms with Gasteiger partial charge in [0.15, 0.2) is 5.78 Å². The lowest BCUT2D eigenvalue weighted by molar-refractivity contribution is -0.160. The number of benzene rings is 1. The summed E-state index contributed by atoms with van der Waals surface area (Å²) in [6, 6.07) is 6.59. The Kier molecular flexibility index (Phi) is 11.5. The molecule has 0 unspecified atom stereocenters. The minimum atomic E-state index is -3.85. The second-order valence-electron chi connectivity index (χ2n) is 16.9. The number of pyridine rings is 1. The minimum absolute atomic E-state index is 0.0597. The van der Waals surface area contributed by atoms with Crippen LogP contribution in [0.1, 0.15) is 99.3 Å². The first-order chi connectivity index (χ1) is 25.5. The maximum Gasteiger partial charge on any atom is 0.307 e.